The van der Waals surface area contributed by atoms with Crippen molar-refractivity contribution in [1.29, 1.82) is 0 Å². The second kappa shape index (κ2) is 7.04. The summed E-state index contributed by atoms with van der Waals surface area (Å²) < 4.78 is 1.05. The molecule has 0 saturated carbocycles. The van der Waals surface area contributed by atoms with Gasteiger partial charge in [-0.1, -0.05) is 19.8 Å². The summed E-state index contributed by atoms with van der Waals surface area (Å²) in [5.74, 6) is -0.763. The second-order valence-electron chi connectivity index (χ2n) is 3.61. The Hall–Kier alpha value is -0.390. The number of thiophene rings is 1. The van der Waals surface area contributed by atoms with Crippen LogP contribution in [-0.4, -0.2) is 17.1 Å². The highest BCUT2D eigenvalue weighted by molar-refractivity contribution is 9.10. The standard InChI is InChI=1S/C11H16BrNO2S/c1-2-3-4-9(11(14)15)13-7-10-8(12)5-6-16-10/h5-6,9,13H,2-4,7H2,1H3,(H,14,15)/t9-/m0/s1. The molecule has 1 rings (SSSR count). The van der Waals surface area contributed by atoms with Gasteiger partial charge in [0.15, 0.2) is 0 Å². The lowest BCUT2D eigenvalue weighted by Gasteiger charge is -2.13. The number of carboxylic acid groups (broad SMARTS) is 1. The molecule has 16 heavy (non-hydrogen) atoms. The molecule has 5 heteroatoms. The Morgan fingerprint density at radius 3 is 2.94 bits per heavy atom. The highest BCUT2D eigenvalue weighted by Gasteiger charge is 2.16. The summed E-state index contributed by atoms with van der Waals surface area (Å²) in [7, 11) is 0. The first-order valence-electron chi connectivity index (χ1n) is 5.33. The molecule has 0 amide bonds. The number of carbonyl (C=O) groups is 1. The first-order chi connectivity index (χ1) is 7.65. The number of rotatable bonds is 7. The number of unbranched alkanes of at least 4 members (excludes halogenated alkanes) is 1. The van der Waals surface area contributed by atoms with E-state index in [9.17, 15) is 4.79 Å². The largest absolute Gasteiger partial charge is 0.480 e. The molecule has 0 unspecified atom stereocenters. The molecule has 2 N–H and O–H groups in total. The van der Waals surface area contributed by atoms with E-state index in [1.54, 1.807) is 11.3 Å². The maximum absolute atomic E-state index is 11.0. The molecule has 0 saturated heterocycles. The summed E-state index contributed by atoms with van der Waals surface area (Å²) in [6.07, 6.45) is 2.65. The van der Waals surface area contributed by atoms with Gasteiger partial charge in [-0.25, -0.2) is 0 Å². The summed E-state index contributed by atoms with van der Waals surface area (Å²) in [5, 5.41) is 14.1. The topological polar surface area (TPSA) is 49.3 Å². The van der Waals surface area contributed by atoms with Crippen molar-refractivity contribution in [3.8, 4) is 0 Å². The number of hydrogen-bond donors (Lipinski definition) is 2. The number of halogens is 1. The van der Waals surface area contributed by atoms with Gasteiger partial charge in [0.2, 0.25) is 0 Å². The van der Waals surface area contributed by atoms with Crippen LogP contribution in [0.4, 0.5) is 0 Å². The minimum atomic E-state index is -0.763. The van der Waals surface area contributed by atoms with E-state index in [2.05, 4.69) is 28.2 Å². The molecule has 0 bridgehead atoms. The Morgan fingerprint density at radius 2 is 2.44 bits per heavy atom. The fourth-order valence-corrected chi connectivity index (χ4v) is 2.83. The lowest BCUT2D eigenvalue weighted by Crippen LogP contribution is -2.35. The Labute approximate surface area is 108 Å². The van der Waals surface area contributed by atoms with Crippen LogP contribution in [0.5, 0.6) is 0 Å². The minimum absolute atomic E-state index is 0.436. The average molecular weight is 306 g/mol. The van der Waals surface area contributed by atoms with Crippen LogP contribution in [0.1, 0.15) is 31.1 Å². The van der Waals surface area contributed by atoms with Gasteiger partial charge in [0.1, 0.15) is 6.04 Å². The van der Waals surface area contributed by atoms with Crippen LogP contribution in [0.15, 0.2) is 15.9 Å². The Morgan fingerprint density at radius 1 is 1.69 bits per heavy atom. The number of hydrogen-bond acceptors (Lipinski definition) is 3. The van der Waals surface area contributed by atoms with Crippen LogP contribution < -0.4 is 5.32 Å². The predicted molar refractivity (Wildman–Crippen MR) is 69.8 cm³/mol. The molecule has 0 aliphatic rings. The van der Waals surface area contributed by atoms with Crippen LogP contribution in [0.2, 0.25) is 0 Å². The smallest absolute Gasteiger partial charge is 0.320 e. The zero-order valence-corrected chi connectivity index (χ0v) is 11.6. The van der Waals surface area contributed by atoms with Gasteiger partial charge in [-0.15, -0.1) is 11.3 Å². The maximum atomic E-state index is 11.0. The molecular formula is C11H16BrNO2S. The van der Waals surface area contributed by atoms with E-state index >= 15 is 0 Å². The van der Waals surface area contributed by atoms with E-state index < -0.39 is 12.0 Å². The van der Waals surface area contributed by atoms with E-state index in [4.69, 9.17) is 5.11 Å². The van der Waals surface area contributed by atoms with Gasteiger partial charge < -0.3 is 5.11 Å². The molecule has 1 aromatic rings. The van der Waals surface area contributed by atoms with Gasteiger partial charge >= 0.3 is 5.97 Å². The van der Waals surface area contributed by atoms with Gasteiger partial charge in [0.25, 0.3) is 0 Å². The van der Waals surface area contributed by atoms with Crippen molar-refractivity contribution in [1.82, 2.24) is 5.32 Å². The molecule has 0 spiro atoms. The van der Waals surface area contributed by atoms with Gasteiger partial charge in [0.05, 0.1) is 0 Å². The fourth-order valence-electron chi connectivity index (χ4n) is 1.39. The zero-order chi connectivity index (χ0) is 12.0. The van der Waals surface area contributed by atoms with E-state index in [1.165, 1.54) is 0 Å². The lowest BCUT2D eigenvalue weighted by molar-refractivity contribution is -0.139. The van der Waals surface area contributed by atoms with Crippen LogP contribution in [0.25, 0.3) is 0 Å². The van der Waals surface area contributed by atoms with E-state index in [0.29, 0.717) is 13.0 Å². The Kier molecular flexibility index (Phi) is 6.01. The molecule has 1 atom stereocenters. The molecular weight excluding hydrogens is 290 g/mol. The average Bonchev–Trinajstić information content (AvgIpc) is 2.64. The van der Waals surface area contributed by atoms with Gasteiger partial charge in [0, 0.05) is 15.9 Å². The maximum Gasteiger partial charge on any atom is 0.320 e. The Balaban J connectivity index is 2.44. The number of nitrogens with one attached hydrogen (secondary N) is 1. The van der Waals surface area contributed by atoms with Crippen LogP contribution >= 0.6 is 27.3 Å². The molecule has 3 nitrogen and oxygen atoms in total. The molecule has 0 aromatic carbocycles. The van der Waals surface area contributed by atoms with Gasteiger partial charge in [-0.05, 0) is 33.8 Å². The molecule has 0 radical (unpaired) electrons. The van der Waals surface area contributed by atoms with Crippen LogP contribution in [-0.2, 0) is 11.3 Å². The first kappa shape index (κ1) is 13.7. The van der Waals surface area contributed by atoms with E-state index in [1.807, 2.05) is 11.4 Å². The number of carboxylic acids is 1. The SMILES string of the molecule is CCCC[C@H](NCc1sccc1Br)C(=O)O. The summed E-state index contributed by atoms with van der Waals surface area (Å²) in [5.41, 5.74) is 0. The highest BCUT2D eigenvalue weighted by atomic mass is 79.9. The van der Waals surface area contributed by atoms with Crippen LogP contribution in [0, 0.1) is 0 Å². The summed E-state index contributed by atoms with van der Waals surface area (Å²) in [6, 6.07) is 1.54. The molecule has 1 heterocycles. The summed E-state index contributed by atoms with van der Waals surface area (Å²) >= 11 is 5.05. The van der Waals surface area contributed by atoms with Crippen molar-refractivity contribution in [2.45, 2.75) is 38.8 Å². The van der Waals surface area contributed by atoms with E-state index in [0.717, 1.165) is 22.2 Å². The monoisotopic (exact) mass is 305 g/mol. The summed E-state index contributed by atoms with van der Waals surface area (Å²) in [6.45, 7) is 2.67. The van der Waals surface area contributed by atoms with Gasteiger partial charge in [-0.2, -0.15) is 0 Å². The normalized spacial score (nSPS) is 12.6. The van der Waals surface area contributed by atoms with Crippen molar-refractivity contribution < 1.29 is 9.90 Å². The first-order valence-corrected chi connectivity index (χ1v) is 7.00. The molecule has 0 aliphatic heterocycles. The fraction of sp³-hybridized carbons (Fsp3) is 0.545. The lowest BCUT2D eigenvalue weighted by atomic mass is 10.1. The zero-order valence-electron chi connectivity index (χ0n) is 9.20. The second-order valence-corrected chi connectivity index (χ2v) is 5.46. The minimum Gasteiger partial charge on any atom is -0.480 e. The molecule has 1 aromatic heterocycles. The molecule has 0 aliphatic carbocycles. The third-order valence-corrected chi connectivity index (χ3v) is 4.27. The number of aliphatic carboxylic acids is 1. The third kappa shape index (κ3) is 4.23. The van der Waals surface area contributed by atoms with Crippen molar-refractivity contribution in [3.63, 3.8) is 0 Å². The molecule has 0 fully saturated rings. The summed E-state index contributed by atoms with van der Waals surface area (Å²) in [4.78, 5) is 12.1. The van der Waals surface area contributed by atoms with Crippen LogP contribution in [0.3, 0.4) is 0 Å². The van der Waals surface area contributed by atoms with Crippen molar-refractivity contribution in [2.75, 3.05) is 0 Å². The van der Waals surface area contributed by atoms with Gasteiger partial charge in [-0.3, -0.25) is 10.1 Å². The van der Waals surface area contributed by atoms with Crippen molar-refractivity contribution in [3.05, 3.63) is 20.8 Å². The van der Waals surface area contributed by atoms with E-state index in [-0.39, 0.29) is 0 Å². The van der Waals surface area contributed by atoms with Crippen molar-refractivity contribution >= 4 is 33.2 Å². The third-order valence-electron chi connectivity index (χ3n) is 2.34. The predicted octanol–water partition coefficient (Wildman–Crippen LogP) is 3.24. The quantitative estimate of drug-likeness (QED) is 0.813. The van der Waals surface area contributed by atoms with Crippen molar-refractivity contribution in [2.24, 2.45) is 0 Å². The highest BCUT2D eigenvalue weighted by Crippen LogP contribution is 2.22. The molecule has 90 valence electrons. The Bertz CT molecular complexity index is 340.